The van der Waals surface area contributed by atoms with Crippen molar-refractivity contribution < 1.29 is 4.39 Å². The molecule has 0 heterocycles. The van der Waals surface area contributed by atoms with Gasteiger partial charge in [-0.3, -0.25) is 0 Å². The quantitative estimate of drug-likeness (QED) is 0.766. The van der Waals surface area contributed by atoms with Gasteiger partial charge < -0.3 is 5.32 Å². The monoisotopic (exact) mass is 283 g/mol. The summed E-state index contributed by atoms with van der Waals surface area (Å²) in [5, 5.41) is 3.76. The van der Waals surface area contributed by atoms with Crippen molar-refractivity contribution in [1.82, 2.24) is 5.32 Å². The van der Waals surface area contributed by atoms with Crippen LogP contribution < -0.4 is 5.32 Å². The Labute approximate surface area is 120 Å². The number of rotatable bonds is 6. The van der Waals surface area contributed by atoms with Gasteiger partial charge in [-0.05, 0) is 43.0 Å². The average molecular weight is 284 g/mol. The lowest BCUT2D eigenvalue weighted by Gasteiger charge is -2.22. The summed E-state index contributed by atoms with van der Waals surface area (Å²) in [5.74, 6) is 0.474. The third kappa shape index (κ3) is 4.19. The van der Waals surface area contributed by atoms with Crippen molar-refractivity contribution >= 4 is 11.6 Å². The normalized spacial score (nSPS) is 17.8. The first kappa shape index (κ1) is 14.8. The van der Waals surface area contributed by atoms with Crippen molar-refractivity contribution in [2.24, 2.45) is 5.92 Å². The SMILES string of the molecule is CCCNC(CC1CCCC1)c1ccc(Cl)c(F)c1. The Morgan fingerprint density at radius 2 is 2.11 bits per heavy atom. The second-order valence-corrected chi connectivity index (χ2v) is 5.97. The van der Waals surface area contributed by atoms with Gasteiger partial charge in [-0.25, -0.2) is 4.39 Å². The molecule has 1 aromatic rings. The van der Waals surface area contributed by atoms with E-state index in [0.717, 1.165) is 30.9 Å². The highest BCUT2D eigenvalue weighted by Gasteiger charge is 2.21. The Bertz CT molecular complexity index is 402. The fraction of sp³-hybridized carbons (Fsp3) is 0.625. The zero-order chi connectivity index (χ0) is 13.7. The van der Waals surface area contributed by atoms with Crippen LogP contribution in [0.3, 0.4) is 0 Å². The summed E-state index contributed by atoms with van der Waals surface area (Å²) < 4.78 is 13.6. The molecule has 2 rings (SSSR count). The van der Waals surface area contributed by atoms with Crippen molar-refractivity contribution in [2.45, 2.75) is 51.5 Å². The molecule has 0 aromatic heterocycles. The molecule has 0 aliphatic heterocycles. The molecule has 1 unspecified atom stereocenters. The minimum atomic E-state index is -0.311. The third-order valence-electron chi connectivity index (χ3n) is 4.03. The smallest absolute Gasteiger partial charge is 0.142 e. The van der Waals surface area contributed by atoms with Crippen LogP contribution in [0, 0.1) is 11.7 Å². The van der Waals surface area contributed by atoms with E-state index in [1.807, 2.05) is 6.07 Å². The van der Waals surface area contributed by atoms with E-state index in [0.29, 0.717) is 0 Å². The number of benzene rings is 1. The van der Waals surface area contributed by atoms with Gasteiger partial charge in [0.05, 0.1) is 5.02 Å². The molecule has 19 heavy (non-hydrogen) atoms. The van der Waals surface area contributed by atoms with Crippen LogP contribution in [-0.2, 0) is 0 Å². The second kappa shape index (κ2) is 7.25. The van der Waals surface area contributed by atoms with Gasteiger partial charge in [-0.15, -0.1) is 0 Å². The molecule has 1 fully saturated rings. The molecule has 1 aromatic carbocycles. The van der Waals surface area contributed by atoms with Crippen LogP contribution in [0.15, 0.2) is 18.2 Å². The molecular formula is C16H23ClFN. The summed E-state index contributed by atoms with van der Waals surface area (Å²) in [5.41, 5.74) is 1.03. The molecule has 1 atom stereocenters. The zero-order valence-electron chi connectivity index (χ0n) is 11.6. The Morgan fingerprint density at radius 3 is 2.74 bits per heavy atom. The summed E-state index contributed by atoms with van der Waals surface area (Å²) >= 11 is 5.76. The van der Waals surface area contributed by atoms with Gasteiger partial charge in [0.15, 0.2) is 0 Å². The van der Waals surface area contributed by atoms with Crippen LogP contribution in [0.25, 0.3) is 0 Å². The van der Waals surface area contributed by atoms with Crippen LogP contribution in [-0.4, -0.2) is 6.54 Å². The number of nitrogens with one attached hydrogen (secondary N) is 1. The van der Waals surface area contributed by atoms with Gasteiger partial charge in [0.25, 0.3) is 0 Å². The molecule has 1 saturated carbocycles. The standard InChI is InChI=1S/C16H23ClFN/c1-2-9-19-16(10-12-5-3-4-6-12)13-7-8-14(17)15(18)11-13/h7-8,11-12,16,19H,2-6,9-10H2,1H3. The molecule has 0 saturated heterocycles. The van der Waals surface area contributed by atoms with E-state index in [1.54, 1.807) is 12.1 Å². The lowest BCUT2D eigenvalue weighted by molar-refractivity contribution is 0.394. The van der Waals surface area contributed by atoms with Crippen LogP contribution in [0.2, 0.25) is 5.02 Å². The second-order valence-electron chi connectivity index (χ2n) is 5.57. The first-order valence-electron chi connectivity index (χ1n) is 7.39. The van der Waals surface area contributed by atoms with Crippen LogP contribution >= 0.6 is 11.6 Å². The lowest BCUT2D eigenvalue weighted by atomic mass is 9.93. The Balaban J connectivity index is 2.08. The van der Waals surface area contributed by atoms with E-state index in [2.05, 4.69) is 12.2 Å². The fourth-order valence-corrected chi connectivity index (χ4v) is 3.08. The molecule has 0 spiro atoms. The van der Waals surface area contributed by atoms with Gasteiger partial charge in [0.2, 0.25) is 0 Å². The molecule has 106 valence electrons. The van der Waals surface area contributed by atoms with Crippen molar-refractivity contribution in [3.63, 3.8) is 0 Å². The zero-order valence-corrected chi connectivity index (χ0v) is 12.3. The van der Waals surface area contributed by atoms with Crippen molar-refractivity contribution in [3.8, 4) is 0 Å². The Hall–Kier alpha value is -0.600. The molecule has 1 nitrogen and oxygen atoms in total. The van der Waals surface area contributed by atoms with Crippen molar-refractivity contribution in [2.75, 3.05) is 6.54 Å². The topological polar surface area (TPSA) is 12.0 Å². The van der Waals surface area contributed by atoms with E-state index < -0.39 is 0 Å². The van der Waals surface area contributed by atoms with E-state index in [1.165, 1.54) is 25.7 Å². The minimum absolute atomic E-state index is 0.207. The van der Waals surface area contributed by atoms with Gasteiger partial charge in [0, 0.05) is 6.04 Å². The highest BCUT2D eigenvalue weighted by Crippen LogP contribution is 2.33. The third-order valence-corrected chi connectivity index (χ3v) is 4.34. The number of hydrogen-bond donors (Lipinski definition) is 1. The van der Waals surface area contributed by atoms with Crippen LogP contribution in [0.1, 0.15) is 57.1 Å². The molecule has 0 bridgehead atoms. The molecule has 3 heteroatoms. The summed E-state index contributed by atoms with van der Waals surface area (Å²) in [4.78, 5) is 0. The predicted molar refractivity (Wildman–Crippen MR) is 79.0 cm³/mol. The predicted octanol–water partition coefficient (Wildman–Crippen LogP) is 5.10. The fourth-order valence-electron chi connectivity index (χ4n) is 2.96. The summed E-state index contributed by atoms with van der Waals surface area (Å²) in [6, 6.07) is 5.47. The largest absolute Gasteiger partial charge is 0.310 e. The highest BCUT2D eigenvalue weighted by atomic mass is 35.5. The van der Waals surface area contributed by atoms with Crippen molar-refractivity contribution in [3.05, 3.63) is 34.6 Å². The maximum atomic E-state index is 13.6. The average Bonchev–Trinajstić information content (AvgIpc) is 2.91. The van der Waals surface area contributed by atoms with E-state index >= 15 is 0 Å². The number of halogens is 2. The molecule has 0 amide bonds. The van der Waals surface area contributed by atoms with E-state index in [4.69, 9.17) is 11.6 Å². The van der Waals surface area contributed by atoms with Crippen molar-refractivity contribution in [1.29, 1.82) is 0 Å². The van der Waals surface area contributed by atoms with Crippen LogP contribution in [0.5, 0.6) is 0 Å². The Kier molecular flexibility index (Phi) is 5.65. The summed E-state index contributed by atoms with van der Waals surface area (Å²) in [6.07, 6.45) is 7.54. The molecule has 1 aliphatic rings. The van der Waals surface area contributed by atoms with Gasteiger partial charge in [-0.1, -0.05) is 50.3 Å². The molecule has 1 N–H and O–H groups in total. The first-order valence-corrected chi connectivity index (χ1v) is 7.76. The summed E-state index contributed by atoms with van der Waals surface area (Å²) in [7, 11) is 0. The molecule has 1 aliphatic carbocycles. The van der Waals surface area contributed by atoms with Gasteiger partial charge in [0.1, 0.15) is 5.82 Å². The molecular weight excluding hydrogens is 261 g/mol. The van der Waals surface area contributed by atoms with E-state index in [9.17, 15) is 4.39 Å². The highest BCUT2D eigenvalue weighted by molar-refractivity contribution is 6.30. The number of hydrogen-bond acceptors (Lipinski definition) is 1. The van der Waals surface area contributed by atoms with E-state index in [-0.39, 0.29) is 16.9 Å². The lowest BCUT2D eigenvalue weighted by Crippen LogP contribution is -2.24. The van der Waals surface area contributed by atoms with Crippen LogP contribution in [0.4, 0.5) is 4.39 Å². The van der Waals surface area contributed by atoms with Gasteiger partial charge in [-0.2, -0.15) is 0 Å². The maximum absolute atomic E-state index is 13.6. The maximum Gasteiger partial charge on any atom is 0.142 e. The first-order chi connectivity index (χ1) is 9.20. The molecule has 0 radical (unpaired) electrons. The van der Waals surface area contributed by atoms with Gasteiger partial charge >= 0.3 is 0 Å². The summed E-state index contributed by atoms with van der Waals surface area (Å²) in [6.45, 7) is 3.13. The Morgan fingerprint density at radius 1 is 1.37 bits per heavy atom. The minimum Gasteiger partial charge on any atom is -0.310 e.